The standard InChI is InChI=1S/C12H11P.2ClH.Fe.2HI.Pd/c1-3-7-11(8-4-1)13-12-9-5-2-6-10-12;;;;;;/h1-10,13H;2*1H;;2*1H;/q;;;+2;;;+2/p-4. The third kappa shape index (κ3) is 13.5. The van der Waals surface area contributed by atoms with E-state index in [4.69, 9.17) is 19.1 Å². The Kier molecular flexibility index (Phi) is 18.3. The van der Waals surface area contributed by atoms with Gasteiger partial charge in [-0.15, -0.1) is 0 Å². The molecule has 0 nitrogen and oxygen atoms in total. The summed E-state index contributed by atoms with van der Waals surface area (Å²) in [4.78, 5) is 0. The van der Waals surface area contributed by atoms with Gasteiger partial charge < -0.3 is 0 Å². The van der Waals surface area contributed by atoms with Gasteiger partial charge in [-0.3, -0.25) is 0 Å². The van der Waals surface area contributed by atoms with Gasteiger partial charge in [0, 0.05) is 0 Å². The first-order chi connectivity index (χ1) is 9.28. The Labute approximate surface area is 161 Å². The minimum atomic E-state index is -0.106. The summed E-state index contributed by atoms with van der Waals surface area (Å²) in [5, 5.41) is 2.79. The third-order valence-electron chi connectivity index (χ3n) is 1.84. The van der Waals surface area contributed by atoms with E-state index < -0.39 is 0 Å². The number of hydrogen-bond acceptors (Lipinski definition) is 0. The molecule has 0 N–H and O–H groups in total. The predicted molar refractivity (Wildman–Crippen MR) is 100 cm³/mol. The Morgan fingerprint density at radius 1 is 0.789 bits per heavy atom. The van der Waals surface area contributed by atoms with Crippen LogP contribution in [0, 0.1) is 0 Å². The summed E-state index contributed by atoms with van der Waals surface area (Å²) in [7, 11) is 11.6. The summed E-state index contributed by atoms with van der Waals surface area (Å²) < 4.78 is 0. The van der Waals surface area contributed by atoms with E-state index in [9.17, 15) is 0 Å². The van der Waals surface area contributed by atoms with E-state index in [1.807, 2.05) is 0 Å². The fourth-order valence-corrected chi connectivity index (χ4v) is 2.26. The van der Waals surface area contributed by atoms with Crippen LogP contribution in [0.25, 0.3) is 0 Å². The molecule has 0 unspecified atom stereocenters. The maximum atomic E-state index is 4.81. The number of halogens is 4. The van der Waals surface area contributed by atoms with E-state index >= 15 is 0 Å². The Bertz CT molecular complexity index is 369. The molecule has 0 fully saturated rings. The van der Waals surface area contributed by atoms with Crippen LogP contribution in [0.3, 0.4) is 0 Å². The molecule has 0 amide bonds. The van der Waals surface area contributed by atoms with E-state index in [2.05, 4.69) is 101 Å². The van der Waals surface area contributed by atoms with Crippen LogP contribution in [0.4, 0.5) is 0 Å². The monoisotopic (exact) mass is 672 g/mol. The molecule has 19 heavy (non-hydrogen) atoms. The third-order valence-corrected chi connectivity index (χ3v) is 3.08. The van der Waals surface area contributed by atoms with Gasteiger partial charge in [0.05, 0.1) is 0 Å². The summed E-state index contributed by atoms with van der Waals surface area (Å²) in [5.41, 5.74) is 0. The Balaban J connectivity index is 0.000000465. The predicted octanol–water partition coefficient (Wildman–Crippen LogP) is 5.46. The Morgan fingerprint density at radius 3 is 1.32 bits per heavy atom. The molecule has 0 heterocycles. The van der Waals surface area contributed by atoms with Gasteiger partial charge in [-0.25, -0.2) is 0 Å². The summed E-state index contributed by atoms with van der Waals surface area (Å²) in [5.74, 6) is 0. The van der Waals surface area contributed by atoms with Crippen molar-refractivity contribution in [2.75, 3.05) is 0 Å². The molecule has 7 heteroatoms. The molecule has 0 aromatic heterocycles. The first-order valence-electron chi connectivity index (χ1n) is 4.83. The minimum Gasteiger partial charge on any atom is -0.0622 e. The fourth-order valence-electron chi connectivity index (χ4n) is 1.21. The summed E-state index contributed by atoms with van der Waals surface area (Å²) in [6, 6.07) is 21.2. The zero-order valence-corrected chi connectivity index (χ0v) is 18.9. The molecule has 0 aliphatic heterocycles. The van der Waals surface area contributed by atoms with Crippen LogP contribution in [0.15, 0.2) is 60.7 Å². The van der Waals surface area contributed by atoms with Crippen LogP contribution in [0.5, 0.6) is 0 Å². The van der Waals surface area contributed by atoms with E-state index in [0.717, 1.165) is 8.58 Å². The SMILES string of the molecule is [Cl][Pd][Cl].[I][Fe][I].c1ccc(Pc2ccccc2)cc1. The minimum absolute atomic E-state index is 0.106. The van der Waals surface area contributed by atoms with Crippen LogP contribution < -0.4 is 10.6 Å². The smallest absolute Gasteiger partial charge is 0.0226 e. The van der Waals surface area contributed by atoms with Gasteiger partial charge in [0.2, 0.25) is 0 Å². The van der Waals surface area contributed by atoms with E-state index in [-0.39, 0.29) is 15.9 Å². The molecule has 0 saturated heterocycles. The van der Waals surface area contributed by atoms with Crippen molar-refractivity contribution in [2.24, 2.45) is 0 Å². The topological polar surface area (TPSA) is 0 Å². The first kappa shape index (κ1) is 21.1. The maximum Gasteiger partial charge on any atom is -0.0226 e. The van der Waals surface area contributed by atoms with Gasteiger partial charge >= 0.3 is 84.1 Å². The van der Waals surface area contributed by atoms with Crippen LogP contribution in [0.2, 0.25) is 0 Å². The Hall–Kier alpha value is 2.09. The second-order valence-corrected chi connectivity index (χ2v) is 16.0. The van der Waals surface area contributed by atoms with Crippen molar-refractivity contribution >= 4 is 78.9 Å². The van der Waals surface area contributed by atoms with E-state index in [0.29, 0.717) is 0 Å². The number of hydrogen-bond donors (Lipinski definition) is 0. The van der Waals surface area contributed by atoms with Gasteiger partial charge in [0.25, 0.3) is 0 Å². The normalized spacial score (nSPS) is 9.05. The Morgan fingerprint density at radius 2 is 1.05 bits per heavy atom. The quantitative estimate of drug-likeness (QED) is 0.226. The zero-order chi connectivity index (χ0) is 14.3. The van der Waals surface area contributed by atoms with E-state index in [1.54, 1.807) is 0 Å². The van der Waals surface area contributed by atoms with Crippen LogP contribution in [-0.4, -0.2) is 0 Å². The molecule has 110 valence electrons. The molecule has 0 aliphatic rings. The summed E-state index contributed by atoms with van der Waals surface area (Å²) in [6.45, 7) is 0. The second-order valence-electron chi connectivity index (χ2n) is 2.95. The zero-order valence-electron chi connectivity index (χ0n) is 9.46. The molecule has 0 spiro atoms. The van der Waals surface area contributed by atoms with E-state index in [1.165, 1.54) is 19.1 Å². The van der Waals surface area contributed by atoms with Crippen molar-refractivity contribution in [2.45, 2.75) is 0 Å². The average molecular weight is 673 g/mol. The van der Waals surface area contributed by atoms with Crippen LogP contribution in [0.1, 0.15) is 0 Å². The molecule has 2 aromatic carbocycles. The number of benzene rings is 2. The molecule has 2 aromatic rings. The van der Waals surface area contributed by atoms with Gasteiger partial charge in [0.1, 0.15) is 0 Å². The summed E-state index contributed by atoms with van der Waals surface area (Å²) in [6.07, 6.45) is 0. The molecule has 0 aliphatic carbocycles. The summed E-state index contributed by atoms with van der Waals surface area (Å²) >= 11 is 4.44. The fraction of sp³-hybridized carbons (Fsp3) is 0. The first-order valence-corrected chi connectivity index (χ1v) is 17.0. The van der Waals surface area contributed by atoms with Crippen molar-refractivity contribution in [1.82, 2.24) is 0 Å². The van der Waals surface area contributed by atoms with Gasteiger partial charge in [0.15, 0.2) is 0 Å². The molecule has 0 bridgehead atoms. The van der Waals surface area contributed by atoms with Crippen molar-refractivity contribution in [3.05, 3.63) is 60.7 Å². The molecule has 0 saturated carbocycles. The van der Waals surface area contributed by atoms with Gasteiger partial charge in [-0.05, 0) is 10.6 Å². The molecule has 0 radical (unpaired) electrons. The van der Waals surface area contributed by atoms with Gasteiger partial charge in [-0.2, -0.15) is 0 Å². The number of rotatable bonds is 2. The van der Waals surface area contributed by atoms with Gasteiger partial charge in [-0.1, -0.05) is 69.2 Å². The maximum absolute atomic E-state index is 4.81. The molecular weight excluding hydrogens is 662 g/mol. The van der Waals surface area contributed by atoms with Crippen molar-refractivity contribution in [3.8, 4) is 0 Å². The van der Waals surface area contributed by atoms with Crippen molar-refractivity contribution in [1.29, 1.82) is 0 Å². The largest absolute Gasteiger partial charge is 0.0622 e. The molecule has 0 atom stereocenters. The van der Waals surface area contributed by atoms with Crippen molar-refractivity contribution in [3.63, 3.8) is 0 Å². The van der Waals surface area contributed by atoms with Crippen LogP contribution >= 0.6 is 68.3 Å². The van der Waals surface area contributed by atoms with Crippen LogP contribution in [-0.2, 0) is 24.4 Å². The second kappa shape index (κ2) is 16.5. The average Bonchev–Trinajstić information content (AvgIpc) is 2.43. The molecule has 2 rings (SSSR count). The molecular formula is C12H11Cl2FeI2PPd. The van der Waals surface area contributed by atoms with Crippen molar-refractivity contribution < 1.29 is 24.4 Å².